The predicted octanol–water partition coefficient (Wildman–Crippen LogP) is 3.09. The average Bonchev–Trinajstić information content (AvgIpc) is 2.38. The highest BCUT2D eigenvalue weighted by Gasteiger charge is 2.14. The molecule has 2 atom stereocenters. The molecule has 2 unspecified atom stereocenters. The van der Waals surface area contributed by atoms with Crippen LogP contribution in [0.25, 0.3) is 0 Å². The fraction of sp³-hybridized carbons (Fsp3) is 1.00. The molecule has 0 N–H and O–H groups in total. The van der Waals surface area contributed by atoms with Gasteiger partial charge in [0.05, 0.1) is 0 Å². The van der Waals surface area contributed by atoms with E-state index in [1.807, 2.05) is 0 Å². The zero-order valence-corrected chi connectivity index (χ0v) is 12.1. The van der Waals surface area contributed by atoms with Crippen LogP contribution in [0, 0.1) is 0 Å². The Morgan fingerprint density at radius 2 is 1.44 bits per heavy atom. The van der Waals surface area contributed by atoms with Gasteiger partial charge in [0.2, 0.25) is 0 Å². The fourth-order valence-electron chi connectivity index (χ4n) is 3.17. The second kappa shape index (κ2) is 7.43. The van der Waals surface area contributed by atoms with E-state index < -0.39 is 0 Å². The van der Waals surface area contributed by atoms with Crippen LogP contribution >= 0.6 is 16.1 Å². The maximum atomic E-state index is 1.66. The van der Waals surface area contributed by atoms with Crippen LogP contribution in [0.15, 0.2) is 0 Å². The first-order valence-electron chi connectivity index (χ1n) is 7.13. The lowest BCUT2D eigenvalue weighted by Gasteiger charge is -2.40. The lowest BCUT2D eigenvalue weighted by molar-refractivity contribution is 0.514. The first kappa shape index (κ1) is 13.4. The van der Waals surface area contributed by atoms with Crippen LogP contribution in [0.4, 0.5) is 0 Å². The first-order valence-corrected chi connectivity index (χ1v) is 10.1. The molecule has 0 saturated heterocycles. The molecule has 2 aliphatic carbocycles. The molecule has 2 saturated carbocycles. The molecule has 0 aromatic carbocycles. The molecule has 0 aliphatic heterocycles. The number of rotatable bonds is 4. The van der Waals surface area contributed by atoms with E-state index in [1.54, 1.807) is 64.2 Å². The molecule has 2 aliphatic rings. The van der Waals surface area contributed by atoms with E-state index in [4.69, 9.17) is 0 Å². The summed E-state index contributed by atoms with van der Waals surface area (Å²) in [6.45, 7) is 0.577. The second-order valence-electron chi connectivity index (χ2n) is 5.40. The lowest BCUT2D eigenvalue weighted by Crippen LogP contribution is -2.14. The van der Waals surface area contributed by atoms with Crippen LogP contribution in [0.5, 0.6) is 0 Å². The van der Waals surface area contributed by atoms with E-state index in [2.05, 4.69) is 0 Å². The monoisotopic (exact) mass is 256 g/mol. The predicted molar refractivity (Wildman–Crippen MR) is 87.5 cm³/mol. The highest BCUT2D eigenvalue weighted by Crippen LogP contribution is 2.48. The van der Waals surface area contributed by atoms with Crippen LogP contribution < -0.4 is 0 Å². The normalized spacial score (nSPS) is 27.6. The molecule has 2 rings (SSSR count). The van der Waals surface area contributed by atoms with Gasteiger partial charge in [0.1, 0.15) is 0 Å². The third kappa shape index (κ3) is 4.34. The summed E-state index contributed by atoms with van der Waals surface area (Å²) in [5.74, 6) is 0. The molecule has 0 amide bonds. The summed E-state index contributed by atoms with van der Waals surface area (Å²) in [7, 11) is 3.00. The van der Waals surface area contributed by atoms with Crippen molar-refractivity contribution in [3.05, 3.63) is 0 Å². The van der Waals surface area contributed by atoms with Crippen molar-refractivity contribution in [1.29, 1.82) is 0 Å². The summed E-state index contributed by atoms with van der Waals surface area (Å²) in [5.41, 5.74) is 2.56. The van der Waals surface area contributed by atoms with Crippen LogP contribution in [0.3, 0.4) is 0 Å². The van der Waals surface area contributed by atoms with Gasteiger partial charge in [-0.05, 0) is 19.6 Å². The van der Waals surface area contributed by atoms with E-state index in [-0.39, 0.29) is 0 Å². The summed E-state index contributed by atoms with van der Waals surface area (Å²) in [5, 5.41) is 0. The van der Waals surface area contributed by atoms with Crippen molar-refractivity contribution in [3.8, 4) is 0 Å². The SMILES string of the molecule is [BH3-]P([BH2-]PC1CCCCC1)C1CCCCC1. The molecule has 0 aromatic rings. The summed E-state index contributed by atoms with van der Waals surface area (Å²) in [4.78, 5) is 0. The van der Waals surface area contributed by atoms with Gasteiger partial charge in [-0.1, -0.05) is 70.3 Å². The zero-order valence-electron chi connectivity index (χ0n) is 10.2. The van der Waals surface area contributed by atoms with Crippen molar-refractivity contribution >= 4 is 30.4 Å². The van der Waals surface area contributed by atoms with Crippen molar-refractivity contribution in [2.75, 3.05) is 0 Å². The van der Waals surface area contributed by atoms with E-state index in [1.165, 1.54) is 19.8 Å². The van der Waals surface area contributed by atoms with Crippen LogP contribution in [-0.4, -0.2) is 25.6 Å². The first-order chi connectivity index (χ1) is 7.86. The molecule has 0 spiro atoms. The highest BCUT2D eigenvalue weighted by atomic mass is 31.2. The average molecular weight is 256 g/mol. The topological polar surface area (TPSA) is 0 Å². The Kier molecular flexibility index (Phi) is 6.23. The minimum absolute atomic E-state index is 0.577. The zero-order chi connectivity index (χ0) is 11.2. The maximum Gasteiger partial charge on any atom is -0.0192 e. The summed E-state index contributed by atoms with van der Waals surface area (Å²) in [6.07, 6.45) is 16.0. The van der Waals surface area contributed by atoms with Crippen molar-refractivity contribution in [1.82, 2.24) is 0 Å². The van der Waals surface area contributed by atoms with Crippen molar-refractivity contribution < 1.29 is 0 Å². The van der Waals surface area contributed by atoms with Gasteiger partial charge >= 0.3 is 0 Å². The van der Waals surface area contributed by atoms with Crippen molar-refractivity contribution in [2.24, 2.45) is 0 Å². The number of hydrogen-bond acceptors (Lipinski definition) is 0. The van der Waals surface area contributed by atoms with E-state index >= 15 is 0 Å². The molecule has 0 heterocycles. The summed E-state index contributed by atoms with van der Waals surface area (Å²) < 4.78 is 0. The molecule has 0 radical (unpaired) electrons. The van der Waals surface area contributed by atoms with Gasteiger partial charge in [-0.3, -0.25) is 8.46 Å². The fourth-order valence-corrected chi connectivity index (χ4v) is 8.55. The molecule has 4 heteroatoms. The Bertz CT molecular complexity index is 189. The van der Waals surface area contributed by atoms with E-state index in [0.717, 1.165) is 15.2 Å². The van der Waals surface area contributed by atoms with Gasteiger partial charge in [0, 0.05) is 0 Å². The van der Waals surface area contributed by atoms with Gasteiger partial charge in [-0.25, -0.2) is 0 Å². The van der Waals surface area contributed by atoms with Gasteiger partial charge in [0.15, 0.2) is 0 Å². The molecule has 2 fully saturated rings. The molecule has 0 nitrogen and oxygen atoms in total. The lowest BCUT2D eigenvalue weighted by atomic mass is 10.0. The van der Waals surface area contributed by atoms with Gasteiger partial charge in [-0.15, -0.1) is 0 Å². The van der Waals surface area contributed by atoms with Crippen LogP contribution in [0.2, 0.25) is 0 Å². The van der Waals surface area contributed by atoms with Crippen molar-refractivity contribution in [2.45, 2.75) is 75.5 Å². The van der Waals surface area contributed by atoms with E-state index in [9.17, 15) is 0 Å². The summed E-state index contributed by atoms with van der Waals surface area (Å²) >= 11 is 0. The van der Waals surface area contributed by atoms with Gasteiger partial charge in [0.25, 0.3) is 0 Å². The van der Waals surface area contributed by atoms with Crippen LogP contribution in [-0.2, 0) is 0 Å². The largest absolute Gasteiger partial charge is 0.453 e. The second-order valence-corrected chi connectivity index (χ2v) is 9.83. The minimum atomic E-state index is 0.577. The Labute approximate surface area is 106 Å². The maximum absolute atomic E-state index is 1.66. The molecule has 0 aromatic heterocycles. The highest BCUT2D eigenvalue weighted by molar-refractivity contribution is 8.19. The number of hydrogen-bond donors (Lipinski definition) is 0. The Balaban J connectivity index is 1.63. The molecular weight excluding hydrogens is 228 g/mol. The van der Waals surface area contributed by atoms with Gasteiger partial charge in [-0.2, -0.15) is 0 Å². The molecule has 0 bridgehead atoms. The third-order valence-electron chi connectivity index (χ3n) is 4.21. The van der Waals surface area contributed by atoms with Gasteiger partial charge < -0.3 is 7.68 Å². The Morgan fingerprint density at radius 3 is 2.06 bits per heavy atom. The van der Waals surface area contributed by atoms with E-state index in [0.29, 0.717) is 6.72 Å². The quantitative estimate of drug-likeness (QED) is 0.535. The molecule has 16 heavy (non-hydrogen) atoms. The Hall–Kier alpha value is 0.990. The standard InChI is InChI=1S/C12H28B2P2/c13-16(12-9-5-2-6-10-12)14-15-11-7-3-1-4-8-11/h11-12,15H,1-10,14H2,13H3/q-2. The smallest absolute Gasteiger partial charge is 0.0192 e. The Morgan fingerprint density at radius 1 is 0.875 bits per heavy atom. The summed E-state index contributed by atoms with van der Waals surface area (Å²) in [6, 6.07) is 0. The third-order valence-corrected chi connectivity index (χ3v) is 8.92. The van der Waals surface area contributed by atoms with Crippen LogP contribution in [0.1, 0.15) is 64.2 Å². The minimum Gasteiger partial charge on any atom is -0.453 e. The molecule has 94 valence electrons. The van der Waals surface area contributed by atoms with Crippen molar-refractivity contribution in [3.63, 3.8) is 0 Å². The molecular formula is C12H28B2P2-2.